The van der Waals surface area contributed by atoms with Gasteiger partial charge in [-0.1, -0.05) is 0 Å². The number of nitrogens with zero attached hydrogens (tertiary/aromatic N) is 5. The molecule has 180 valence electrons. The molecule has 0 fully saturated rings. The van der Waals surface area contributed by atoms with Crippen LogP contribution in [-0.4, -0.2) is 56.3 Å². The van der Waals surface area contributed by atoms with Crippen molar-refractivity contribution in [2.45, 2.75) is 32.2 Å². The van der Waals surface area contributed by atoms with E-state index in [0.717, 1.165) is 29.4 Å². The minimum absolute atomic E-state index is 0.0200. The lowest BCUT2D eigenvalue weighted by atomic mass is 10.0. The van der Waals surface area contributed by atoms with Crippen LogP contribution in [0.15, 0.2) is 49.1 Å². The number of hydrogen-bond donors (Lipinski definition) is 1. The van der Waals surface area contributed by atoms with Crippen molar-refractivity contribution in [3.05, 3.63) is 66.0 Å². The normalized spacial score (nSPS) is 12.5. The molecule has 34 heavy (non-hydrogen) atoms. The molecule has 1 atom stereocenters. The van der Waals surface area contributed by atoms with E-state index >= 15 is 0 Å². The molecular weight excluding hydrogens is 459 g/mol. The number of aromatic nitrogens is 4. The Bertz CT molecular complexity index is 1110. The molecule has 0 saturated heterocycles. The van der Waals surface area contributed by atoms with Gasteiger partial charge in [-0.25, -0.2) is 41.9 Å². The molecule has 7 nitrogen and oxygen atoms in total. The van der Waals surface area contributed by atoms with Gasteiger partial charge in [0.15, 0.2) is 5.82 Å². The number of alkyl halides is 4. The second-order valence-electron chi connectivity index (χ2n) is 7.52. The third-order valence-electron chi connectivity index (χ3n) is 4.86. The summed E-state index contributed by atoms with van der Waals surface area (Å²) in [6.07, 6.45) is 1.90. The summed E-state index contributed by atoms with van der Waals surface area (Å²) in [6.45, 7) is 1.21. The van der Waals surface area contributed by atoms with Crippen molar-refractivity contribution < 1.29 is 26.7 Å². The first-order valence-electron chi connectivity index (χ1n) is 10.2. The molecule has 0 bridgehead atoms. The van der Waals surface area contributed by atoms with Crippen molar-refractivity contribution in [3.8, 4) is 11.4 Å². The average Bonchev–Trinajstić information content (AvgIpc) is 2.80. The van der Waals surface area contributed by atoms with Gasteiger partial charge in [0.2, 0.25) is 5.95 Å². The third kappa shape index (κ3) is 6.21. The Morgan fingerprint density at radius 1 is 1.12 bits per heavy atom. The summed E-state index contributed by atoms with van der Waals surface area (Å²) < 4.78 is 67.3. The number of amides is 1. The van der Waals surface area contributed by atoms with Crippen LogP contribution in [0.4, 0.5) is 27.9 Å². The molecule has 1 aromatic carbocycles. The Labute approximate surface area is 192 Å². The van der Waals surface area contributed by atoms with Crippen LogP contribution in [0, 0.1) is 5.82 Å². The maximum absolute atomic E-state index is 14.0. The molecule has 0 unspecified atom stereocenters. The number of anilines is 1. The fraction of sp³-hybridized carbons (Fsp3) is 0.318. The first-order valence-corrected chi connectivity index (χ1v) is 10.2. The molecule has 0 aliphatic heterocycles. The Morgan fingerprint density at radius 3 is 2.35 bits per heavy atom. The lowest BCUT2D eigenvalue weighted by Gasteiger charge is -2.30. The molecule has 12 heteroatoms. The summed E-state index contributed by atoms with van der Waals surface area (Å²) in [4.78, 5) is 29.8. The van der Waals surface area contributed by atoms with Crippen LogP contribution in [0.5, 0.6) is 0 Å². The zero-order valence-corrected chi connectivity index (χ0v) is 18.2. The van der Waals surface area contributed by atoms with E-state index in [0.29, 0.717) is 6.92 Å². The third-order valence-corrected chi connectivity index (χ3v) is 4.86. The number of hydrogen-bond acceptors (Lipinski definition) is 6. The van der Waals surface area contributed by atoms with Crippen LogP contribution in [0.3, 0.4) is 0 Å². The second kappa shape index (κ2) is 10.5. The van der Waals surface area contributed by atoms with Crippen LogP contribution >= 0.6 is 0 Å². The van der Waals surface area contributed by atoms with Crippen LogP contribution in [-0.2, 0) is 5.92 Å². The summed E-state index contributed by atoms with van der Waals surface area (Å²) in [7, 11) is 0. The van der Waals surface area contributed by atoms with E-state index in [9.17, 15) is 26.7 Å². The number of rotatable bonds is 9. The van der Waals surface area contributed by atoms with Crippen molar-refractivity contribution in [1.82, 2.24) is 24.8 Å². The van der Waals surface area contributed by atoms with Crippen molar-refractivity contribution in [2.75, 3.05) is 18.4 Å². The first-order chi connectivity index (χ1) is 16.1. The summed E-state index contributed by atoms with van der Waals surface area (Å²) in [5.74, 6) is -4.58. The van der Waals surface area contributed by atoms with Gasteiger partial charge in [0.05, 0.1) is 17.7 Å². The SMILES string of the molecule is C[C@@H](CNc1ncc(C(C)(F)F)cn1)N(CC(F)F)C(=O)c1cc(F)ccc1-c1ncccn1. The Hall–Kier alpha value is -3.70. The zero-order chi connectivity index (χ0) is 24.9. The van der Waals surface area contributed by atoms with Gasteiger partial charge < -0.3 is 10.2 Å². The molecule has 0 aliphatic rings. The van der Waals surface area contributed by atoms with E-state index in [2.05, 4.69) is 25.3 Å². The first kappa shape index (κ1) is 24.9. The summed E-state index contributed by atoms with van der Waals surface area (Å²) >= 11 is 0. The van der Waals surface area contributed by atoms with Gasteiger partial charge in [-0.2, -0.15) is 0 Å². The van der Waals surface area contributed by atoms with E-state index in [1.165, 1.54) is 25.4 Å². The molecule has 3 aromatic rings. The van der Waals surface area contributed by atoms with Crippen molar-refractivity contribution >= 4 is 11.9 Å². The van der Waals surface area contributed by atoms with Crippen LogP contribution < -0.4 is 5.32 Å². The van der Waals surface area contributed by atoms with Crippen molar-refractivity contribution in [2.24, 2.45) is 0 Å². The van der Waals surface area contributed by atoms with E-state index in [4.69, 9.17) is 0 Å². The topological polar surface area (TPSA) is 83.9 Å². The van der Waals surface area contributed by atoms with Crippen LogP contribution in [0.2, 0.25) is 0 Å². The van der Waals surface area contributed by atoms with Gasteiger partial charge >= 0.3 is 0 Å². The van der Waals surface area contributed by atoms with Gasteiger partial charge in [-0.15, -0.1) is 0 Å². The van der Waals surface area contributed by atoms with Gasteiger partial charge in [-0.3, -0.25) is 4.79 Å². The van der Waals surface area contributed by atoms with E-state index < -0.39 is 36.7 Å². The van der Waals surface area contributed by atoms with E-state index in [-0.39, 0.29) is 35.0 Å². The highest BCUT2D eigenvalue weighted by Gasteiger charge is 2.28. The molecular formula is C22H21F5N6O. The molecule has 3 rings (SSSR count). The maximum Gasteiger partial charge on any atom is 0.273 e. The molecule has 1 amide bonds. The smallest absolute Gasteiger partial charge is 0.273 e. The molecule has 2 aromatic heterocycles. The predicted octanol–water partition coefficient (Wildman–Crippen LogP) is 4.39. The average molecular weight is 480 g/mol. The lowest BCUT2D eigenvalue weighted by Crippen LogP contribution is -2.45. The number of halogens is 5. The standard InChI is InChI=1S/C22H21F5N6O/c1-13(9-30-21-31-10-14(11-32-21)22(2,26)27)33(12-18(24)25)20(34)17-8-15(23)4-5-16(17)19-28-6-3-7-29-19/h3-8,10-11,13,18H,9,12H2,1-2H3,(H,30,31,32)/t13-/m0/s1. The minimum atomic E-state index is -3.11. The Morgan fingerprint density at radius 2 is 1.76 bits per heavy atom. The van der Waals surface area contributed by atoms with Gasteiger partial charge in [0.1, 0.15) is 5.82 Å². The highest BCUT2D eigenvalue weighted by Crippen LogP contribution is 2.26. The van der Waals surface area contributed by atoms with E-state index in [1.807, 2.05) is 0 Å². The van der Waals surface area contributed by atoms with Crippen LogP contribution in [0.1, 0.15) is 29.8 Å². The Kier molecular flexibility index (Phi) is 7.69. The maximum atomic E-state index is 14.0. The van der Waals surface area contributed by atoms with Crippen LogP contribution in [0.25, 0.3) is 11.4 Å². The number of benzene rings is 1. The quantitative estimate of drug-likeness (QED) is 0.458. The van der Waals surface area contributed by atoms with Crippen molar-refractivity contribution in [3.63, 3.8) is 0 Å². The summed E-state index contributed by atoms with van der Waals surface area (Å²) in [5.41, 5.74) is -0.377. The fourth-order valence-corrected chi connectivity index (χ4v) is 3.09. The zero-order valence-electron chi connectivity index (χ0n) is 18.2. The fourth-order valence-electron chi connectivity index (χ4n) is 3.09. The predicted molar refractivity (Wildman–Crippen MR) is 114 cm³/mol. The minimum Gasteiger partial charge on any atom is -0.352 e. The van der Waals surface area contributed by atoms with Gasteiger partial charge in [0.25, 0.3) is 18.3 Å². The van der Waals surface area contributed by atoms with Gasteiger partial charge in [-0.05, 0) is 31.2 Å². The summed E-state index contributed by atoms with van der Waals surface area (Å²) in [6, 6.07) is 4.10. The number of carbonyl (C=O) groups excluding carboxylic acids is 1. The second-order valence-corrected chi connectivity index (χ2v) is 7.52. The molecule has 0 saturated carbocycles. The molecule has 0 radical (unpaired) electrons. The van der Waals surface area contributed by atoms with Gasteiger partial charge in [0, 0.05) is 49.9 Å². The van der Waals surface area contributed by atoms with E-state index in [1.54, 1.807) is 6.07 Å². The lowest BCUT2D eigenvalue weighted by molar-refractivity contribution is 0.0167. The molecule has 0 aliphatic carbocycles. The largest absolute Gasteiger partial charge is 0.352 e. The molecule has 1 N–H and O–H groups in total. The molecule has 0 spiro atoms. The summed E-state index contributed by atoms with van der Waals surface area (Å²) in [5, 5.41) is 2.74. The highest BCUT2D eigenvalue weighted by molar-refractivity contribution is 6.00. The Balaban J connectivity index is 1.83. The molecule has 2 heterocycles. The monoisotopic (exact) mass is 480 g/mol. The number of carbonyl (C=O) groups is 1. The number of nitrogens with one attached hydrogen (secondary N) is 1. The van der Waals surface area contributed by atoms with Crippen molar-refractivity contribution in [1.29, 1.82) is 0 Å². The highest BCUT2D eigenvalue weighted by atomic mass is 19.3.